The number of nitrogens with one attached hydrogen (secondary N) is 2. The number of phenols is 1. The van der Waals surface area contributed by atoms with E-state index in [4.69, 9.17) is 0 Å². The summed E-state index contributed by atoms with van der Waals surface area (Å²) in [5.74, 6) is 0.124. The van der Waals surface area contributed by atoms with Crippen LogP contribution in [0.1, 0.15) is 22.9 Å². The summed E-state index contributed by atoms with van der Waals surface area (Å²) in [6.45, 7) is 3.49. The Kier molecular flexibility index (Phi) is 5.55. The molecular formula is C23H25N3O3+2. The van der Waals surface area contributed by atoms with Crippen LogP contribution in [0.25, 0.3) is 0 Å². The molecular weight excluding hydrogens is 366 g/mol. The van der Waals surface area contributed by atoms with E-state index < -0.39 is 4.92 Å². The lowest BCUT2D eigenvalue weighted by atomic mass is 10.1. The van der Waals surface area contributed by atoms with Crippen LogP contribution >= 0.6 is 0 Å². The minimum Gasteiger partial charge on any atom is -0.507 e. The number of hydrogen-bond donors (Lipinski definition) is 3. The number of nitro groups is 1. The van der Waals surface area contributed by atoms with E-state index in [1.54, 1.807) is 6.07 Å². The second-order valence-electron chi connectivity index (χ2n) is 7.57. The topological polar surface area (TPSA) is 72.2 Å². The second kappa shape index (κ2) is 8.43. The van der Waals surface area contributed by atoms with Gasteiger partial charge in [0.15, 0.2) is 0 Å². The second-order valence-corrected chi connectivity index (χ2v) is 7.57. The van der Waals surface area contributed by atoms with Gasteiger partial charge in [0.25, 0.3) is 5.69 Å². The lowest BCUT2D eigenvalue weighted by Crippen LogP contribution is -3.22. The van der Waals surface area contributed by atoms with Gasteiger partial charge < -0.3 is 5.11 Å². The summed E-state index contributed by atoms with van der Waals surface area (Å²) in [6.07, 6.45) is -0.0738. The Morgan fingerprint density at radius 3 is 1.86 bits per heavy atom. The van der Waals surface area contributed by atoms with E-state index in [1.165, 1.54) is 33.1 Å². The zero-order valence-electron chi connectivity index (χ0n) is 16.1. The molecule has 0 radical (unpaired) electrons. The van der Waals surface area contributed by atoms with Crippen molar-refractivity contribution in [2.45, 2.75) is 19.3 Å². The van der Waals surface area contributed by atoms with Gasteiger partial charge >= 0.3 is 0 Å². The Hall–Kier alpha value is -3.22. The maximum atomic E-state index is 11.3. The molecule has 2 unspecified atom stereocenters. The number of aromatic hydroxyl groups is 1. The number of hydrogen-bond acceptors (Lipinski definition) is 3. The summed E-state index contributed by atoms with van der Waals surface area (Å²) in [7, 11) is 0. The average Bonchev–Trinajstić information content (AvgIpc) is 3.11. The van der Waals surface area contributed by atoms with Crippen molar-refractivity contribution in [1.29, 1.82) is 0 Å². The van der Waals surface area contributed by atoms with E-state index in [0.29, 0.717) is 5.56 Å². The summed E-state index contributed by atoms with van der Waals surface area (Å²) in [6, 6.07) is 24.9. The van der Waals surface area contributed by atoms with Crippen LogP contribution in [0.2, 0.25) is 0 Å². The number of non-ortho nitro benzene ring substituents is 1. The first kappa shape index (κ1) is 19.1. The number of quaternary nitrogens is 2. The van der Waals surface area contributed by atoms with Gasteiger partial charge in [0.05, 0.1) is 4.92 Å². The zero-order chi connectivity index (χ0) is 20.2. The van der Waals surface area contributed by atoms with E-state index in [-0.39, 0.29) is 17.6 Å². The van der Waals surface area contributed by atoms with Crippen LogP contribution in [0.3, 0.4) is 0 Å². The molecule has 2 atom stereocenters. The Labute approximate surface area is 169 Å². The highest BCUT2D eigenvalue weighted by Gasteiger charge is 2.43. The number of phenolic OH excluding ortho intramolecular Hbond substituents is 1. The van der Waals surface area contributed by atoms with Gasteiger partial charge in [-0.15, -0.1) is 0 Å². The van der Waals surface area contributed by atoms with Gasteiger partial charge in [0, 0.05) is 23.3 Å². The van der Waals surface area contributed by atoms with Crippen LogP contribution in [0.5, 0.6) is 5.75 Å². The fourth-order valence-corrected chi connectivity index (χ4v) is 4.32. The lowest BCUT2D eigenvalue weighted by molar-refractivity contribution is -1.09. The highest BCUT2D eigenvalue weighted by Crippen LogP contribution is 2.26. The van der Waals surface area contributed by atoms with Gasteiger partial charge in [-0.05, 0) is 6.07 Å². The first-order valence-corrected chi connectivity index (χ1v) is 9.86. The molecule has 3 aromatic rings. The molecule has 0 aliphatic carbocycles. The predicted octanol–water partition coefficient (Wildman–Crippen LogP) is 1.48. The first-order valence-electron chi connectivity index (χ1n) is 9.86. The van der Waals surface area contributed by atoms with Crippen LogP contribution < -0.4 is 9.80 Å². The molecule has 3 N–H and O–H groups in total. The van der Waals surface area contributed by atoms with Crippen molar-refractivity contribution < 1.29 is 19.8 Å². The number of benzene rings is 3. The first-order chi connectivity index (χ1) is 14.1. The number of nitrogens with zero attached hydrogens (tertiary/aromatic N) is 1. The van der Waals surface area contributed by atoms with Crippen LogP contribution in [0.15, 0.2) is 78.9 Å². The fraction of sp³-hybridized carbons (Fsp3) is 0.217. The third-order valence-electron chi connectivity index (χ3n) is 5.66. The molecule has 1 aliphatic rings. The standard InChI is InChI=1S/C23H23N3O3/c27-22-12-11-20(26(28)29)15-21(22)23-24(16-18-7-3-1-4-8-18)13-14-25(23)17-19-9-5-2-6-10-19/h1-12,15,23,27H,13-14,16-17H2/p+2. The summed E-state index contributed by atoms with van der Waals surface area (Å²) in [5, 5.41) is 21.9. The molecule has 0 spiro atoms. The molecule has 3 aromatic carbocycles. The van der Waals surface area contributed by atoms with E-state index in [9.17, 15) is 15.2 Å². The minimum absolute atomic E-state index is 0.0165. The molecule has 0 amide bonds. The minimum atomic E-state index is -0.397. The molecule has 148 valence electrons. The Bertz CT molecular complexity index is 930. The summed E-state index contributed by atoms with van der Waals surface area (Å²) < 4.78 is 0. The van der Waals surface area contributed by atoms with E-state index in [2.05, 4.69) is 24.3 Å². The van der Waals surface area contributed by atoms with Gasteiger partial charge in [-0.2, -0.15) is 0 Å². The van der Waals surface area contributed by atoms with Crippen molar-refractivity contribution in [2.75, 3.05) is 13.1 Å². The van der Waals surface area contributed by atoms with Gasteiger partial charge in [-0.25, -0.2) is 0 Å². The van der Waals surface area contributed by atoms with Crippen LogP contribution in [-0.4, -0.2) is 23.1 Å². The van der Waals surface area contributed by atoms with Crippen LogP contribution in [-0.2, 0) is 13.1 Å². The number of rotatable bonds is 6. The van der Waals surface area contributed by atoms with Crippen molar-refractivity contribution in [1.82, 2.24) is 0 Å². The highest BCUT2D eigenvalue weighted by molar-refractivity contribution is 5.43. The van der Waals surface area contributed by atoms with Gasteiger partial charge in [-0.1, -0.05) is 60.7 Å². The lowest BCUT2D eigenvalue weighted by Gasteiger charge is -2.25. The maximum Gasteiger partial charge on any atom is 0.270 e. The molecule has 4 rings (SSSR count). The average molecular weight is 391 g/mol. The summed E-state index contributed by atoms with van der Waals surface area (Å²) in [4.78, 5) is 13.5. The van der Waals surface area contributed by atoms with Crippen molar-refractivity contribution in [3.8, 4) is 5.75 Å². The van der Waals surface area contributed by atoms with Crippen molar-refractivity contribution in [3.63, 3.8) is 0 Å². The molecule has 1 heterocycles. The predicted molar refractivity (Wildman–Crippen MR) is 109 cm³/mol. The summed E-state index contributed by atoms with van der Waals surface area (Å²) in [5.41, 5.74) is 3.10. The Morgan fingerprint density at radius 2 is 1.38 bits per heavy atom. The molecule has 6 nitrogen and oxygen atoms in total. The van der Waals surface area contributed by atoms with Gasteiger partial charge in [0.2, 0.25) is 6.17 Å². The normalized spacial score (nSPS) is 21.2. The molecule has 1 aliphatic heterocycles. The molecule has 6 heteroatoms. The monoisotopic (exact) mass is 391 g/mol. The molecule has 29 heavy (non-hydrogen) atoms. The third kappa shape index (κ3) is 4.29. The maximum absolute atomic E-state index is 11.3. The number of nitro benzene ring substituents is 1. The van der Waals surface area contributed by atoms with Crippen molar-refractivity contribution in [2.24, 2.45) is 0 Å². The van der Waals surface area contributed by atoms with Crippen LogP contribution in [0, 0.1) is 10.1 Å². The third-order valence-corrected chi connectivity index (χ3v) is 5.66. The summed E-state index contributed by atoms with van der Waals surface area (Å²) >= 11 is 0. The molecule has 1 fully saturated rings. The Balaban J connectivity index is 1.69. The van der Waals surface area contributed by atoms with E-state index in [1.807, 2.05) is 36.4 Å². The van der Waals surface area contributed by atoms with Gasteiger partial charge in [-0.3, -0.25) is 19.9 Å². The quantitative estimate of drug-likeness (QED) is 0.440. The highest BCUT2D eigenvalue weighted by atomic mass is 16.6. The van der Waals surface area contributed by atoms with Gasteiger partial charge in [0.1, 0.15) is 37.5 Å². The zero-order valence-corrected chi connectivity index (χ0v) is 16.1. The molecule has 1 saturated heterocycles. The molecule has 0 aromatic heterocycles. The van der Waals surface area contributed by atoms with Crippen molar-refractivity contribution in [3.05, 3.63) is 106 Å². The fourth-order valence-electron chi connectivity index (χ4n) is 4.32. The smallest absolute Gasteiger partial charge is 0.270 e. The largest absolute Gasteiger partial charge is 0.507 e. The SMILES string of the molecule is O=[N+]([O-])c1ccc(O)c(C2[NH+](Cc3ccccc3)CC[NH+]2Cc2ccccc2)c1. The molecule has 0 saturated carbocycles. The van der Waals surface area contributed by atoms with Crippen molar-refractivity contribution >= 4 is 5.69 Å². The van der Waals surface area contributed by atoms with E-state index >= 15 is 0 Å². The van der Waals surface area contributed by atoms with Crippen LogP contribution in [0.4, 0.5) is 5.69 Å². The molecule has 0 bridgehead atoms. The van der Waals surface area contributed by atoms with E-state index in [0.717, 1.165) is 26.2 Å². The Morgan fingerprint density at radius 1 is 0.862 bits per heavy atom.